The highest BCUT2D eigenvalue weighted by Gasteiger charge is 2.20. The van der Waals surface area contributed by atoms with Crippen LogP contribution in [0.4, 0.5) is 0 Å². The molecule has 0 atom stereocenters. The number of nitrogens with zero attached hydrogens (tertiary/aromatic N) is 2. The lowest BCUT2D eigenvalue weighted by Gasteiger charge is -2.11. The number of hydrogen-bond acceptors (Lipinski definition) is 4. The van der Waals surface area contributed by atoms with Crippen LogP contribution in [0.15, 0.2) is 40.7 Å². The molecule has 3 rings (SSSR count). The summed E-state index contributed by atoms with van der Waals surface area (Å²) in [6.07, 6.45) is 3.68. The lowest BCUT2D eigenvalue weighted by molar-refractivity contribution is 0.123. The zero-order valence-electron chi connectivity index (χ0n) is 15.4. The standard InChI is InChI=1S/C20H28N4OS/c1-2-21-20(22-11-6-12-25-14-16-9-10-16)23-13-19-24-18(15-26-19)17-7-4-3-5-8-17/h3-5,7-8,15-16H,2,6,9-14H2,1H3,(H2,21,22,23). The summed E-state index contributed by atoms with van der Waals surface area (Å²) in [5.74, 6) is 1.67. The second kappa shape index (κ2) is 10.3. The SMILES string of the molecule is CCNC(=NCc1nc(-c2ccccc2)cs1)NCCCOCC1CC1. The van der Waals surface area contributed by atoms with Gasteiger partial charge in [0, 0.05) is 37.2 Å². The first-order valence-corrected chi connectivity index (χ1v) is 10.3. The normalized spacial score (nSPS) is 14.4. The quantitative estimate of drug-likeness (QED) is 0.379. The van der Waals surface area contributed by atoms with Crippen LogP contribution in [-0.4, -0.2) is 37.2 Å². The van der Waals surface area contributed by atoms with Crippen LogP contribution in [0.2, 0.25) is 0 Å². The van der Waals surface area contributed by atoms with Crippen molar-refractivity contribution in [1.29, 1.82) is 0 Å². The van der Waals surface area contributed by atoms with Gasteiger partial charge in [-0.1, -0.05) is 30.3 Å². The van der Waals surface area contributed by atoms with Gasteiger partial charge in [-0.2, -0.15) is 0 Å². The number of benzene rings is 1. The van der Waals surface area contributed by atoms with E-state index in [1.54, 1.807) is 11.3 Å². The number of thiazole rings is 1. The molecule has 5 nitrogen and oxygen atoms in total. The fraction of sp³-hybridized carbons (Fsp3) is 0.500. The van der Waals surface area contributed by atoms with Crippen molar-refractivity contribution in [2.45, 2.75) is 32.7 Å². The van der Waals surface area contributed by atoms with E-state index < -0.39 is 0 Å². The van der Waals surface area contributed by atoms with E-state index >= 15 is 0 Å². The van der Waals surface area contributed by atoms with Crippen molar-refractivity contribution in [3.63, 3.8) is 0 Å². The molecule has 1 aliphatic carbocycles. The highest BCUT2D eigenvalue weighted by Crippen LogP contribution is 2.28. The van der Waals surface area contributed by atoms with Crippen molar-refractivity contribution in [3.8, 4) is 11.3 Å². The maximum absolute atomic E-state index is 5.66. The molecular formula is C20H28N4OS. The second-order valence-corrected chi connectivity index (χ2v) is 7.43. The van der Waals surface area contributed by atoms with Gasteiger partial charge in [-0.05, 0) is 32.1 Å². The van der Waals surface area contributed by atoms with Crippen molar-refractivity contribution in [2.24, 2.45) is 10.9 Å². The van der Waals surface area contributed by atoms with Crippen molar-refractivity contribution in [3.05, 3.63) is 40.7 Å². The molecule has 2 N–H and O–H groups in total. The summed E-state index contributed by atoms with van der Waals surface area (Å²) in [5.41, 5.74) is 2.17. The van der Waals surface area contributed by atoms with E-state index in [0.717, 1.165) is 60.9 Å². The molecular weight excluding hydrogens is 344 g/mol. The fourth-order valence-corrected chi connectivity index (χ4v) is 3.26. The molecule has 0 aliphatic heterocycles. The van der Waals surface area contributed by atoms with Crippen LogP contribution in [0.3, 0.4) is 0 Å². The summed E-state index contributed by atoms with van der Waals surface area (Å²) in [5, 5.41) is 9.77. The summed E-state index contributed by atoms with van der Waals surface area (Å²) in [6, 6.07) is 10.3. The molecule has 0 radical (unpaired) electrons. The average molecular weight is 373 g/mol. The van der Waals surface area contributed by atoms with Crippen LogP contribution in [0.1, 0.15) is 31.2 Å². The van der Waals surface area contributed by atoms with Gasteiger partial charge in [0.2, 0.25) is 0 Å². The molecule has 140 valence electrons. The summed E-state index contributed by atoms with van der Waals surface area (Å²) in [6.45, 7) is 6.12. The van der Waals surface area contributed by atoms with Crippen molar-refractivity contribution < 1.29 is 4.74 Å². The molecule has 1 aromatic carbocycles. The topological polar surface area (TPSA) is 58.5 Å². The summed E-state index contributed by atoms with van der Waals surface area (Å²) in [4.78, 5) is 9.34. The zero-order chi connectivity index (χ0) is 18.0. The number of aromatic nitrogens is 1. The van der Waals surface area contributed by atoms with Gasteiger partial charge in [0.25, 0.3) is 0 Å². The zero-order valence-corrected chi connectivity index (χ0v) is 16.2. The summed E-state index contributed by atoms with van der Waals surface area (Å²) >= 11 is 1.65. The molecule has 2 aromatic rings. The number of ether oxygens (including phenoxy) is 1. The van der Waals surface area contributed by atoms with Crippen molar-refractivity contribution in [1.82, 2.24) is 15.6 Å². The fourth-order valence-electron chi connectivity index (χ4n) is 2.53. The van der Waals surface area contributed by atoms with E-state index in [4.69, 9.17) is 9.72 Å². The largest absolute Gasteiger partial charge is 0.381 e. The minimum Gasteiger partial charge on any atom is -0.381 e. The van der Waals surface area contributed by atoms with E-state index in [0.29, 0.717) is 6.54 Å². The summed E-state index contributed by atoms with van der Waals surface area (Å²) < 4.78 is 5.66. The number of hydrogen-bond donors (Lipinski definition) is 2. The summed E-state index contributed by atoms with van der Waals surface area (Å²) in [7, 11) is 0. The first-order chi connectivity index (χ1) is 12.8. The van der Waals surface area contributed by atoms with Crippen LogP contribution < -0.4 is 10.6 Å². The Morgan fingerprint density at radius 1 is 1.27 bits per heavy atom. The molecule has 26 heavy (non-hydrogen) atoms. The second-order valence-electron chi connectivity index (χ2n) is 6.49. The van der Waals surface area contributed by atoms with Crippen LogP contribution >= 0.6 is 11.3 Å². The van der Waals surface area contributed by atoms with E-state index in [1.165, 1.54) is 12.8 Å². The van der Waals surface area contributed by atoms with Crippen LogP contribution in [0, 0.1) is 5.92 Å². The first kappa shape index (κ1) is 18.9. The van der Waals surface area contributed by atoms with Gasteiger partial charge < -0.3 is 15.4 Å². The minimum absolute atomic E-state index is 0.588. The predicted molar refractivity (Wildman–Crippen MR) is 109 cm³/mol. The molecule has 0 unspecified atom stereocenters. The third-order valence-corrected chi connectivity index (χ3v) is 4.98. The molecule has 1 aromatic heterocycles. The molecule has 0 saturated heterocycles. The van der Waals surface area contributed by atoms with Gasteiger partial charge in [0.1, 0.15) is 5.01 Å². The van der Waals surface area contributed by atoms with E-state index in [1.807, 2.05) is 18.2 Å². The average Bonchev–Trinajstić information content (AvgIpc) is 3.38. The Hall–Kier alpha value is -1.92. The molecule has 0 spiro atoms. The Morgan fingerprint density at radius 3 is 2.88 bits per heavy atom. The van der Waals surface area contributed by atoms with E-state index in [9.17, 15) is 0 Å². The highest BCUT2D eigenvalue weighted by molar-refractivity contribution is 7.09. The van der Waals surface area contributed by atoms with Gasteiger partial charge >= 0.3 is 0 Å². The molecule has 1 fully saturated rings. The number of rotatable bonds is 10. The smallest absolute Gasteiger partial charge is 0.191 e. The van der Waals surface area contributed by atoms with Gasteiger partial charge in [-0.15, -0.1) is 11.3 Å². The Labute approximate surface area is 159 Å². The minimum atomic E-state index is 0.588. The van der Waals surface area contributed by atoms with Crippen LogP contribution in [-0.2, 0) is 11.3 Å². The van der Waals surface area contributed by atoms with E-state index in [2.05, 4.69) is 40.1 Å². The highest BCUT2D eigenvalue weighted by atomic mass is 32.1. The van der Waals surface area contributed by atoms with Crippen molar-refractivity contribution >= 4 is 17.3 Å². The maximum atomic E-state index is 5.66. The number of aliphatic imine (C=N–C) groups is 1. The Morgan fingerprint density at radius 2 is 2.12 bits per heavy atom. The van der Waals surface area contributed by atoms with Gasteiger partial charge in [0.05, 0.1) is 12.2 Å². The third kappa shape index (κ3) is 6.42. The lowest BCUT2D eigenvalue weighted by Crippen LogP contribution is -2.38. The molecule has 0 bridgehead atoms. The van der Waals surface area contributed by atoms with Gasteiger partial charge in [-0.25, -0.2) is 9.98 Å². The Kier molecular flexibility index (Phi) is 7.46. The Balaban J connectivity index is 1.43. The predicted octanol–water partition coefficient (Wildman–Crippen LogP) is 3.68. The maximum Gasteiger partial charge on any atom is 0.191 e. The van der Waals surface area contributed by atoms with E-state index in [-0.39, 0.29) is 0 Å². The molecule has 0 amide bonds. The van der Waals surface area contributed by atoms with Crippen LogP contribution in [0.5, 0.6) is 0 Å². The molecule has 1 saturated carbocycles. The van der Waals surface area contributed by atoms with Gasteiger partial charge in [-0.3, -0.25) is 0 Å². The number of nitrogens with one attached hydrogen (secondary N) is 2. The molecule has 6 heteroatoms. The van der Waals surface area contributed by atoms with Crippen molar-refractivity contribution in [2.75, 3.05) is 26.3 Å². The van der Waals surface area contributed by atoms with Gasteiger partial charge in [0.15, 0.2) is 5.96 Å². The Bertz CT molecular complexity index is 682. The molecule has 1 aliphatic rings. The monoisotopic (exact) mass is 372 g/mol. The number of guanidine groups is 1. The third-order valence-electron chi connectivity index (χ3n) is 4.15. The van der Waals surface area contributed by atoms with Crippen LogP contribution in [0.25, 0.3) is 11.3 Å². The molecule has 1 heterocycles. The first-order valence-electron chi connectivity index (χ1n) is 9.45. The lowest BCUT2D eigenvalue weighted by atomic mass is 10.2.